The second-order valence-electron chi connectivity index (χ2n) is 5.82. The molecule has 0 aliphatic heterocycles. The van der Waals surface area contributed by atoms with E-state index in [9.17, 15) is 15.3 Å². The first-order valence-electron chi connectivity index (χ1n) is 6.46. The van der Waals surface area contributed by atoms with Crippen LogP contribution in [0, 0.1) is 22.7 Å². The predicted octanol–water partition coefficient (Wildman–Crippen LogP) is 1.91. The summed E-state index contributed by atoms with van der Waals surface area (Å²) in [6, 6.07) is 7.50. The van der Waals surface area contributed by atoms with Crippen LogP contribution in [0.15, 0.2) is 16.9 Å². The van der Waals surface area contributed by atoms with E-state index >= 15 is 0 Å². The van der Waals surface area contributed by atoms with Crippen molar-refractivity contribution in [3.63, 3.8) is 0 Å². The smallest absolute Gasteiger partial charge is 0.289 e. The molecule has 0 fully saturated rings. The lowest BCUT2D eigenvalue weighted by Gasteiger charge is -2.15. The zero-order chi connectivity index (χ0) is 16.7. The maximum atomic E-state index is 12.1. The molecule has 7 heteroatoms. The summed E-state index contributed by atoms with van der Waals surface area (Å²) >= 11 is 1.43. The van der Waals surface area contributed by atoms with E-state index < -0.39 is 5.56 Å². The Morgan fingerprint density at radius 2 is 1.77 bits per heavy atom. The van der Waals surface area contributed by atoms with Crippen molar-refractivity contribution in [2.24, 2.45) is 0 Å². The van der Waals surface area contributed by atoms with E-state index in [0.29, 0.717) is 9.55 Å². The minimum absolute atomic E-state index is 0.0426. The Bertz CT molecular complexity index is 887. The van der Waals surface area contributed by atoms with Crippen molar-refractivity contribution in [1.82, 2.24) is 4.68 Å². The van der Waals surface area contributed by atoms with Gasteiger partial charge in [0.2, 0.25) is 0 Å². The molecule has 0 amide bonds. The highest BCUT2D eigenvalue weighted by Gasteiger charge is 2.24. The molecule has 0 aromatic carbocycles. The highest BCUT2D eigenvalue weighted by molar-refractivity contribution is 7.15. The van der Waals surface area contributed by atoms with Crippen LogP contribution in [-0.2, 0) is 5.41 Å². The quantitative estimate of drug-likeness (QED) is 0.779. The Morgan fingerprint density at radius 3 is 2.23 bits per heavy atom. The molecular weight excluding hydrogens is 298 g/mol. The highest BCUT2D eigenvalue weighted by Crippen LogP contribution is 2.38. The van der Waals surface area contributed by atoms with Crippen LogP contribution in [0.3, 0.4) is 0 Å². The van der Waals surface area contributed by atoms with Gasteiger partial charge in [0, 0.05) is 15.3 Å². The largest absolute Gasteiger partial charge is 0.382 e. The number of nitriles is 2. The van der Waals surface area contributed by atoms with Gasteiger partial charge < -0.3 is 11.6 Å². The molecule has 0 spiro atoms. The standard InChI is InChI=1S/C15H15N5OS/c1-15(2,3)11-5-4-10(22-11)12-8(6-16)13(18)20(19)14(21)9(12)7-17/h4-5H,18-19H2,1-3H3. The molecule has 0 radical (unpaired) electrons. The molecule has 0 atom stereocenters. The van der Waals surface area contributed by atoms with Crippen molar-refractivity contribution in [2.75, 3.05) is 11.6 Å². The number of thiophene rings is 1. The van der Waals surface area contributed by atoms with Gasteiger partial charge in [0.25, 0.3) is 5.56 Å². The topological polar surface area (TPSA) is 122 Å². The minimum Gasteiger partial charge on any atom is -0.382 e. The maximum Gasteiger partial charge on any atom is 0.289 e. The van der Waals surface area contributed by atoms with E-state index in [1.165, 1.54) is 11.3 Å². The maximum absolute atomic E-state index is 12.1. The summed E-state index contributed by atoms with van der Waals surface area (Å²) in [4.78, 5) is 13.8. The van der Waals surface area contributed by atoms with Crippen molar-refractivity contribution in [1.29, 1.82) is 10.5 Å². The van der Waals surface area contributed by atoms with Crippen molar-refractivity contribution in [3.05, 3.63) is 38.5 Å². The molecular formula is C15H15N5OS. The molecule has 0 aliphatic carbocycles. The summed E-state index contributed by atoms with van der Waals surface area (Å²) in [6.07, 6.45) is 0. The highest BCUT2D eigenvalue weighted by atomic mass is 32.1. The fourth-order valence-corrected chi connectivity index (χ4v) is 3.17. The normalized spacial score (nSPS) is 11.0. The van der Waals surface area contributed by atoms with E-state index in [1.807, 2.05) is 18.2 Å². The van der Waals surface area contributed by atoms with E-state index in [-0.39, 0.29) is 27.9 Å². The first-order chi connectivity index (χ1) is 10.2. The summed E-state index contributed by atoms with van der Waals surface area (Å²) in [5.74, 6) is 5.39. The van der Waals surface area contributed by atoms with Crippen LogP contribution in [0.2, 0.25) is 0 Å². The third-order valence-electron chi connectivity index (χ3n) is 3.26. The summed E-state index contributed by atoms with van der Waals surface area (Å²) in [5, 5.41) is 18.7. The van der Waals surface area contributed by atoms with Gasteiger partial charge in [-0.1, -0.05) is 20.8 Å². The van der Waals surface area contributed by atoms with Crippen LogP contribution in [0.4, 0.5) is 5.82 Å². The molecule has 0 aliphatic rings. The average molecular weight is 313 g/mol. The Labute approximate surface area is 131 Å². The number of pyridine rings is 1. The number of rotatable bonds is 1. The molecule has 4 N–H and O–H groups in total. The summed E-state index contributed by atoms with van der Waals surface area (Å²) in [6.45, 7) is 6.18. The molecule has 2 aromatic rings. The first kappa shape index (κ1) is 15.6. The zero-order valence-corrected chi connectivity index (χ0v) is 13.3. The fraction of sp³-hybridized carbons (Fsp3) is 0.267. The minimum atomic E-state index is -0.709. The summed E-state index contributed by atoms with van der Waals surface area (Å²) < 4.78 is 0.638. The van der Waals surface area contributed by atoms with Crippen molar-refractivity contribution in [3.8, 4) is 22.6 Å². The summed E-state index contributed by atoms with van der Waals surface area (Å²) in [7, 11) is 0. The molecule has 2 rings (SSSR count). The molecule has 6 nitrogen and oxygen atoms in total. The van der Waals surface area contributed by atoms with Crippen LogP contribution in [-0.4, -0.2) is 4.68 Å². The van der Waals surface area contributed by atoms with Crippen molar-refractivity contribution >= 4 is 17.2 Å². The third-order valence-corrected chi connectivity index (χ3v) is 4.79. The Hall–Kier alpha value is -2.77. The molecule has 0 bridgehead atoms. The molecule has 2 aromatic heterocycles. The van der Waals surface area contributed by atoms with Gasteiger partial charge in [-0.2, -0.15) is 10.5 Å². The monoisotopic (exact) mass is 313 g/mol. The van der Waals surface area contributed by atoms with E-state index in [2.05, 4.69) is 20.8 Å². The molecule has 2 heterocycles. The molecule has 0 saturated carbocycles. The molecule has 0 unspecified atom stereocenters. The van der Waals surface area contributed by atoms with Gasteiger partial charge in [-0.25, -0.2) is 4.68 Å². The number of anilines is 1. The van der Waals surface area contributed by atoms with Crippen LogP contribution < -0.4 is 17.1 Å². The Balaban J connectivity index is 2.87. The number of nitrogen functional groups attached to an aromatic ring is 2. The van der Waals surface area contributed by atoms with Crippen molar-refractivity contribution < 1.29 is 0 Å². The number of nitrogens with two attached hydrogens (primary N) is 2. The van der Waals surface area contributed by atoms with Gasteiger partial charge in [-0.15, -0.1) is 11.3 Å². The zero-order valence-electron chi connectivity index (χ0n) is 12.5. The number of hydrogen-bond acceptors (Lipinski definition) is 6. The number of hydrogen-bond donors (Lipinski definition) is 2. The van der Waals surface area contributed by atoms with Gasteiger partial charge in [-0.05, 0) is 17.5 Å². The number of nitrogens with zero attached hydrogens (tertiary/aromatic N) is 3. The Kier molecular flexibility index (Phi) is 3.70. The van der Waals surface area contributed by atoms with Crippen LogP contribution >= 0.6 is 11.3 Å². The van der Waals surface area contributed by atoms with Gasteiger partial charge in [0.05, 0.1) is 0 Å². The van der Waals surface area contributed by atoms with Gasteiger partial charge in [0.1, 0.15) is 29.1 Å². The molecule has 112 valence electrons. The first-order valence-corrected chi connectivity index (χ1v) is 7.28. The van der Waals surface area contributed by atoms with Crippen LogP contribution in [0.5, 0.6) is 0 Å². The molecule has 22 heavy (non-hydrogen) atoms. The van der Waals surface area contributed by atoms with Gasteiger partial charge in [-0.3, -0.25) is 4.79 Å². The van der Waals surface area contributed by atoms with Gasteiger partial charge in [0.15, 0.2) is 0 Å². The Morgan fingerprint density at radius 1 is 1.18 bits per heavy atom. The van der Waals surface area contributed by atoms with E-state index in [1.54, 1.807) is 6.07 Å². The van der Waals surface area contributed by atoms with Gasteiger partial charge >= 0.3 is 0 Å². The predicted molar refractivity (Wildman–Crippen MR) is 86.7 cm³/mol. The SMILES string of the molecule is CC(C)(C)c1ccc(-c2c(C#N)c(N)n(N)c(=O)c2C#N)s1. The fourth-order valence-electron chi connectivity index (χ4n) is 2.05. The second kappa shape index (κ2) is 5.21. The second-order valence-corrected chi connectivity index (χ2v) is 6.91. The van der Waals surface area contributed by atoms with Crippen LogP contribution in [0.25, 0.3) is 10.4 Å². The number of aromatic nitrogens is 1. The van der Waals surface area contributed by atoms with Crippen LogP contribution in [0.1, 0.15) is 36.8 Å². The lowest BCUT2D eigenvalue weighted by Crippen LogP contribution is -2.32. The summed E-state index contributed by atoms with van der Waals surface area (Å²) in [5.41, 5.74) is 5.11. The average Bonchev–Trinajstić information content (AvgIpc) is 2.94. The molecule has 0 saturated heterocycles. The lowest BCUT2D eigenvalue weighted by molar-refractivity contribution is 0.604. The van der Waals surface area contributed by atoms with E-state index in [0.717, 1.165) is 4.88 Å². The lowest BCUT2D eigenvalue weighted by atomic mass is 9.95. The van der Waals surface area contributed by atoms with E-state index in [4.69, 9.17) is 11.6 Å². The van der Waals surface area contributed by atoms with Crippen molar-refractivity contribution in [2.45, 2.75) is 26.2 Å². The third kappa shape index (κ3) is 2.32.